The smallest absolute Gasteiger partial charge is 0.106 e. The van der Waals surface area contributed by atoms with E-state index in [4.69, 9.17) is 16.3 Å². The van der Waals surface area contributed by atoms with E-state index in [1.165, 1.54) is 0 Å². The first-order valence-corrected chi connectivity index (χ1v) is 3.63. The van der Waals surface area contributed by atoms with Gasteiger partial charge in [-0.1, -0.05) is 24.3 Å². The van der Waals surface area contributed by atoms with Gasteiger partial charge in [0.2, 0.25) is 0 Å². The summed E-state index contributed by atoms with van der Waals surface area (Å²) in [5.74, 6) is 0. The van der Waals surface area contributed by atoms with Gasteiger partial charge in [-0.15, -0.1) is 0 Å². The maximum atomic E-state index is 8.00. The summed E-state index contributed by atoms with van der Waals surface area (Å²) >= 11 is 0. The van der Waals surface area contributed by atoms with Crippen LogP contribution in [0.15, 0.2) is 24.3 Å². The van der Waals surface area contributed by atoms with Gasteiger partial charge in [-0.25, -0.2) is 0 Å². The molecule has 1 aromatic carbocycles. The monoisotopic (exact) mass is 166 g/mol. The Morgan fingerprint density at radius 2 is 1.17 bits per heavy atom. The molecule has 12 heavy (non-hydrogen) atoms. The fourth-order valence-electron chi connectivity index (χ4n) is 0.811. The third-order valence-electron chi connectivity index (χ3n) is 1.49. The molecular weight excluding hydrogens is 152 g/mol. The van der Waals surface area contributed by atoms with E-state index in [0.717, 1.165) is 11.1 Å². The summed E-state index contributed by atoms with van der Waals surface area (Å²) in [4.78, 5) is 8.00. The normalized spacial score (nSPS) is 8.50. The second kappa shape index (κ2) is 6.52. The lowest BCUT2D eigenvalue weighted by molar-refractivity contribution is -0.0979. The molecular formula is C9H14N2O. The van der Waals surface area contributed by atoms with Crippen LogP contribution in [0.25, 0.3) is 0 Å². The first kappa shape index (κ1) is 10.8. The van der Waals surface area contributed by atoms with Crippen molar-refractivity contribution in [2.45, 2.75) is 13.1 Å². The third kappa shape index (κ3) is 3.27. The zero-order valence-corrected chi connectivity index (χ0v) is 6.99. The number of rotatable bonds is 2. The minimum absolute atomic E-state index is 0.602. The Balaban J connectivity index is 0.000000561. The zero-order chi connectivity index (χ0) is 9.40. The van der Waals surface area contributed by atoms with Crippen LogP contribution in [0, 0.1) is 0 Å². The summed E-state index contributed by atoms with van der Waals surface area (Å²) in [6.45, 7) is 3.20. The van der Waals surface area contributed by atoms with Crippen LogP contribution in [0.3, 0.4) is 0 Å². The molecule has 0 saturated carbocycles. The van der Waals surface area contributed by atoms with Crippen LogP contribution in [-0.4, -0.2) is 6.79 Å². The van der Waals surface area contributed by atoms with Gasteiger partial charge < -0.3 is 16.3 Å². The number of carbonyl (C=O) groups is 1. The minimum atomic E-state index is 0.602. The van der Waals surface area contributed by atoms with E-state index in [9.17, 15) is 0 Å². The molecule has 66 valence electrons. The summed E-state index contributed by atoms with van der Waals surface area (Å²) in [5.41, 5.74) is 13.1. The minimum Gasteiger partial charge on any atom is -0.326 e. The van der Waals surface area contributed by atoms with E-state index in [0.29, 0.717) is 13.1 Å². The molecule has 0 aromatic heterocycles. The van der Waals surface area contributed by atoms with Gasteiger partial charge in [0.25, 0.3) is 0 Å². The summed E-state index contributed by atoms with van der Waals surface area (Å²) in [7, 11) is 0. The van der Waals surface area contributed by atoms with Gasteiger partial charge in [0.05, 0.1) is 0 Å². The molecule has 0 amide bonds. The Kier molecular flexibility index (Phi) is 5.87. The van der Waals surface area contributed by atoms with Gasteiger partial charge >= 0.3 is 0 Å². The molecule has 0 heterocycles. The van der Waals surface area contributed by atoms with E-state index < -0.39 is 0 Å². The maximum Gasteiger partial charge on any atom is 0.106 e. The van der Waals surface area contributed by atoms with Crippen LogP contribution in [0.1, 0.15) is 11.1 Å². The van der Waals surface area contributed by atoms with Crippen molar-refractivity contribution in [1.82, 2.24) is 0 Å². The summed E-state index contributed by atoms with van der Waals surface area (Å²) in [6, 6.07) is 8.01. The molecule has 3 heteroatoms. The van der Waals surface area contributed by atoms with Crippen molar-refractivity contribution in [2.24, 2.45) is 11.5 Å². The Bertz CT molecular complexity index is 185. The topological polar surface area (TPSA) is 69.1 Å². The van der Waals surface area contributed by atoms with Crippen molar-refractivity contribution < 1.29 is 4.79 Å². The molecule has 0 unspecified atom stereocenters. The molecule has 0 bridgehead atoms. The van der Waals surface area contributed by atoms with Gasteiger partial charge in [-0.3, -0.25) is 0 Å². The largest absolute Gasteiger partial charge is 0.326 e. The Labute approximate surface area is 72.4 Å². The highest BCUT2D eigenvalue weighted by atomic mass is 16.1. The highest BCUT2D eigenvalue weighted by molar-refractivity contribution is 5.21. The van der Waals surface area contributed by atoms with Crippen LogP contribution in [-0.2, 0) is 17.9 Å². The van der Waals surface area contributed by atoms with Crippen LogP contribution in [0.2, 0.25) is 0 Å². The van der Waals surface area contributed by atoms with Crippen molar-refractivity contribution in [3.8, 4) is 0 Å². The maximum absolute atomic E-state index is 8.00. The van der Waals surface area contributed by atoms with Gasteiger partial charge in [-0.05, 0) is 11.1 Å². The summed E-state index contributed by atoms with van der Waals surface area (Å²) in [6.07, 6.45) is 0. The highest BCUT2D eigenvalue weighted by Gasteiger charge is 1.88. The van der Waals surface area contributed by atoms with Crippen LogP contribution in [0.4, 0.5) is 0 Å². The summed E-state index contributed by atoms with van der Waals surface area (Å²) in [5, 5.41) is 0. The fraction of sp³-hybridized carbons (Fsp3) is 0.222. The lowest BCUT2D eigenvalue weighted by Gasteiger charge is -1.97. The van der Waals surface area contributed by atoms with E-state index in [2.05, 4.69) is 0 Å². The molecule has 0 aliphatic heterocycles. The predicted molar refractivity (Wildman–Crippen MR) is 49.3 cm³/mol. The van der Waals surface area contributed by atoms with E-state index >= 15 is 0 Å². The quantitative estimate of drug-likeness (QED) is 0.669. The number of carbonyl (C=O) groups excluding carboxylic acids is 1. The van der Waals surface area contributed by atoms with Gasteiger partial charge in [0.15, 0.2) is 0 Å². The molecule has 1 aromatic rings. The standard InChI is InChI=1S/C8H12N2.CH2O/c9-5-7-1-2-8(6-10)4-3-7;1-2/h1-4H,5-6,9-10H2;1H2. The lowest BCUT2D eigenvalue weighted by Crippen LogP contribution is -1.98. The number of benzene rings is 1. The molecule has 0 aliphatic rings. The third-order valence-corrected chi connectivity index (χ3v) is 1.49. The first-order chi connectivity index (χ1) is 5.86. The van der Waals surface area contributed by atoms with Gasteiger partial charge in [0, 0.05) is 13.1 Å². The summed E-state index contributed by atoms with van der Waals surface area (Å²) < 4.78 is 0. The first-order valence-electron chi connectivity index (χ1n) is 3.63. The van der Waals surface area contributed by atoms with Crippen molar-refractivity contribution in [3.05, 3.63) is 35.4 Å². The lowest BCUT2D eigenvalue weighted by atomic mass is 10.1. The molecule has 1 rings (SSSR count). The van der Waals surface area contributed by atoms with Gasteiger partial charge in [-0.2, -0.15) is 0 Å². The van der Waals surface area contributed by atoms with Crippen LogP contribution >= 0.6 is 0 Å². The number of nitrogens with two attached hydrogens (primary N) is 2. The van der Waals surface area contributed by atoms with Crippen molar-refractivity contribution in [3.63, 3.8) is 0 Å². The predicted octanol–water partition coefficient (Wildman–Crippen LogP) is 0.419. The van der Waals surface area contributed by atoms with Crippen molar-refractivity contribution >= 4 is 6.79 Å². The van der Waals surface area contributed by atoms with E-state index in [-0.39, 0.29) is 0 Å². The molecule has 0 fully saturated rings. The zero-order valence-electron chi connectivity index (χ0n) is 6.99. The second-order valence-corrected chi connectivity index (χ2v) is 2.22. The van der Waals surface area contributed by atoms with Crippen LogP contribution in [0.5, 0.6) is 0 Å². The average Bonchev–Trinajstić information content (AvgIpc) is 2.21. The van der Waals surface area contributed by atoms with E-state index in [1.54, 1.807) is 0 Å². The Morgan fingerprint density at radius 1 is 0.917 bits per heavy atom. The average molecular weight is 166 g/mol. The molecule has 4 N–H and O–H groups in total. The number of hydrogen-bond donors (Lipinski definition) is 2. The highest BCUT2D eigenvalue weighted by Crippen LogP contribution is 2.01. The second-order valence-electron chi connectivity index (χ2n) is 2.22. The van der Waals surface area contributed by atoms with E-state index in [1.807, 2.05) is 31.1 Å². The Hall–Kier alpha value is -1.19. The SMILES string of the molecule is C=O.NCc1ccc(CN)cc1. The van der Waals surface area contributed by atoms with Gasteiger partial charge in [0.1, 0.15) is 6.79 Å². The molecule has 0 saturated heterocycles. The number of hydrogen-bond acceptors (Lipinski definition) is 3. The van der Waals surface area contributed by atoms with Crippen LogP contribution < -0.4 is 11.5 Å². The molecule has 0 radical (unpaired) electrons. The fourth-order valence-corrected chi connectivity index (χ4v) is 0.811. The van der Waals surface area contributed by atoms with Crippen molar-refractivity contribution in [2.75, 3.05) is 0 Å². The van der Waals surface area contributed by atoms with Crippen molar-refractivity contribution in [1.29, 1.82) is 0 Å². The Morgan fingerprint density at radius 3 is 1.33 bits per heavy atom. The molecule has 0 aliphatic carbocycles. The molecule has 3 nitrogen and oxygen atoms in total. The molecule has 0 atom stereocenters. The molecule has 0 spiro atoms.